The van der Waals surface area contributed by atoms with Gasteiger partial charge in [0, 0.05) is 37.1 Å². The van der Waals surface area contributed by atoms with Gasteiger partial charge in [0.15, 0.2) is 0 Å². The number of phenolic OH excluding ortho intramolecular Hbond substituents is 1. The molecule has 26 heavy (non-hydrogen) atoms. The smallest absolute Gasteiger partial charge is 0.317 e. The van der Waals surface area contributed by atoms with Crippen LogP contribution in [0, 0.1) is 0 Å². The lowest BCUT2D eigenvalue weighted by atomic mass is 10.0. The van der Waals surface area contributed by atoms with Crippen molar-refractivity contribution in [1.82, 2.24) is 15.2 Å². The minimum Gasteiger partial charge on any atom is -0.506 e. The van der Waals surface area contributed by atoms with Crippen molar-refractivity contribution < 1.29 is 20.1 Å². The molecule has 1 saturated heterocycles. The molecule has 0 amide bonds. The molecular weight excluding hydrogens is 338 g/mol. The molecule has 1 aromatic heterocycles. The summed E-state index contributed by atoms with van der Waals surface area (Å²) in [6.07, 6.45) is 0.855. The van der Waals surface area contributed by atoms with Crippen molar-refractivity contribution in [2.24, 2.45) is 0 Å². The standard InChI is InChI=1S/C18H23N3O5/c22-14-3-1-12(13-2-4-16(24)20-18(13)14)15(23)9-19-11-5-7-21(8-6-11)10-17(25)26/h1-4,11,15,19,22-23H,5-10H2,(H,20,24)(H,25,26)/t15-/m0/s1. The summed E-state index contributed by atoms with van der Waals surface area (Å²) in [6, 6.07) is 6.29. The molecule has 3 rings (SSSR count). The van der Waals surface area contributed by atoms with Gasteiger partial charge in [-0.1, -0.05) is 6.07 Å². The van der Waals surface area contributed by atoms with E-state index in [9.17, 15) is 19.8 Å². The monoisotopic (exact) mass is 361 g/mol. The van der Waals surface area contributed by atoms with E-state index in [0.29, 0.717) is 36.1 Å². The van der Waals surface area contributed by atoms with Crippen LogP contribution in [0.3, 0.4) is 0 Å². The highest BCUT2D eigenvalue weighted by molar-refractivity contribution is 5.87. The van der Waals surface area contributed by atoms with E-state index in [2.05, 4.69) is 10.3 Å². The summed E-state index contributed by atoms with van der Waals surface area (Å²) >= 11 is 0. The number of carbonyl (C=O) groups is 1. The van der Waals surface area contributed by atoms with Gasteiger partial charge in [-0.3, -0.25) is 14.5 Å². The summed E-state index contributed by atoms with van der Waals surface area (Å²) < 4.78 is 0. The van der Waals surface area contributed by atoms with Crippen LogP contribution < -0.4 is 10.9 Å². The maximum absolute atomic E-state index is 11.5. The first-order chi connectivity index (χ1) is 12.4. The fourth-order valence-corrected chi connectivity index (χ4v) is 3.42. The Hall–Kier alpha value is -2.42. The number of pyridine rings is 1. The number of piperidine rings is 1. The van der Waals surface area contributed by atoms with Crippen LogP contribution >= 0.6 is 0 Å². The van der Waals surface area contributed by atoms with Crippen LogP contribution in [0.2, 0.25) is 0 Å². The molecule has 2 aromatic rings. The number of aromatic amines is 1. The average molecular weight is 361 g/mol. The molecule has 0 bridgehead atoms. The van der Waals surface area contributed by atoms with Crippen LogP contribution in [0.25, 0.3) is 10.9 Å². The van der Waals surface area contributed by atoms with Gasteiger partial charge in [-0.25, -0.2) is 0 Å². The SMILES string of the molecule is O=C(O)CN1CCC(NC[C@H](O)c2ccc(O)c3[nH]c(=O)ccc23)CC1. The third kappa shape index (κ3) is 4.21. The molecule has 0 unspecified atom stereocenters. The number of likely N-dealkylation sites (tertiary alicyclic amines) is 1. The lowest BCUT2D eigenvalue weighted by Crippen LogP contribution is -2.45. The van der Waals surface area contributed by atoms with E-state index >= 15 is 0 Å². The molecule has 1 atom stereocenters. The molecule has 0 saturated carbocycles. The first kappa shape index (κ1) is 18.4. The van der Waals surface area contributed by atoms with Crippen molar-refractivity contribution >= 4 is 16.9 Å². The maximum atomic E-state index is 11.5. The van der Waals surface area contributed by atoms with Crippen molar-refractivity contribution in [2.45, 2.75) is 25.0 Å². The molecule has 0 aliphatic carbocycles. The second kappa shape index (κ2) is 7.86. The predicted octanol–water partition coefficient (Wildman–Crippen LogP) is 0.406. The summed E-state index contributed by atoms with van der Waals surface area (Å²) in [6.45, 7) is 1.82. The number of carboxylic acid groups (broad SMARTS) is 1. The minimum absolute atomic E-state index is 0.0348. The zero-order chi connectivity index (χ0) is 18.7. The largest absolute Gasteiger partial charge is 0.506 e. The van der Waals surface area contributed by atoms with E-state index in [1.54, 1.807) is 12.1 Å². The minimum atomic E-state index is -0.816. The number of fused-ring (bicyclic) bond motifs is 1. The lowest BCUT2D eigenvalue weighted by molar-refractivity contribution is -0.138. The van der Waals surface area contributed by atoms with E-state index < -0.39 is 12.1 Å². The van der Waals surface area contributed by atoms with Crippen molar-refractivity contribution in [1.29, 1.82) is 0 Å². The van der Waals surface area contributed by atoms with Gasteiger partial charge in [0.25, 0.3) is 0 Å². The van der Waals surface area contributed by atoms with Gasteiger partial charge in [0.05, 0.1) is 18.2 Å². The van der Waals surface area contributed by atoms with E-state index in [1.165, 1.54) is 12.1 Å². The van der Waals surface area contributed by atoms with Crippen LogP contribution in [-0.2, 0) is 4.79 Å². The van der Waals surface area contributed by atoms with Gasteiger partial charge in [0.1, 0.15) is 5.75 Å². The second-order valence-electron chi connectivity index (χ2n) is 6.65. The van der Waals surface area contributed by atoms with Gasteiger partial charge in [-0.2, -0.15) is 0 Å². The van der Waals surface area contributed by atoms with E-state index in [4.69, 9.17) is 5.11 Å². The molecule has 1 aliphatic heterocycles. The van der Waals surface area contributed by atoms with Crippen LogP contribution in [0.4, 0.5) is 0 Å². The van der Waals surface area contributed by atoms with Crippen LogP contribution in [0.1, 0.15) is 24.5 Å². The van der Waals surface area contributed by atoms with Gasteiger partial charge in [-0.15, -0.1) is 0 Å². The highest BCUT2D eigenvalue weighted by Crippen LogP contribution is 2.28. The lowest BCUT2D eigenvalue weighted by Gasteiger charge is -2.31. The summed E-state index contributed by atoms with van der Waals surface area (Å²) in [5.74, 6) is -0.850. The number of nitrogens with zero attached hydrogens (tertiary/aromatic N) is 1. The molecule has 0 spiro atoms. The number of nitrogens with one attached hydrogen (secondary N) is 2. The Bertz CT molecular complexity index is 842. The van der Waals surface area contributed by atoms with Crippen molar-refractivity contribution in [2.75, 3.05) is 26.2 Å². The molecule has 1 aromatic carbocycles. The number of rotatable bonds is 6. The quantitative estimate of drug-likeness (QED) is 0.504. The van der Waals surface area contributed by atoms with Crippen LogP contribution in [-0.4, -0.2) is 63.4 Å². The van der Waals surface area contributed by atoms with Crippen molar-refractivity contribution in [3.63, 3.8) is 0 Å². The number of aromatic nitrogens is 1. The highest BCUT2D eigenvalue weighted by Gasteiger charge is 2.21. The Morgan fingerprint density at radius 1 is 1.27 bits per heavy atom. The Balaban J connectivity index is 1.62. The van der Waals surface area contributed by atoms with Crippen molar-refractivity contribution in [3.05, 3.63) is 40.2 Å². The summed E-state index contributed by atoms with van der Waals surface area (Å²) in [7, 11) is 0. The number of aliphatic hydroxyl groups excluding tert-OH is 1. The Morgan fingerprint density at radius 2 is 2.00 bits per heavy atom. The molecule has 140 valence electrons. The number of aliphatic carboxylic acids is 1. The number of aromatic hydroxyl groups is 1. The van der Waals surface area contributed by atoms with Crippen LogP contribution in [0.5, 0.6) is 5.75 Å². The molecule has 1 aliphatic rings. The Labute approximate surface area is 150 Å². The van der Waals surface area contributed by atoms with E-state index in [0.717, 1.165) is 12.8 Å². The zero-order valence-electron chi connectivity index (χ0n) is 14.3. The molecular formula is C18H23N3O5. The summed E-state index contributed by atoms with van der Waals surface area (Å²) in [4.78, 5) is 26.7. The predicted molar refractivity (Wildman–Crippen MR) is 96.3 cm³/mol. The Morgan fingerprint density at radius 3 is 2.69 bits per heavy atom. The number of hydrogen-bond donors (Lipinski definition) is 5. The van der Waals surface area contributed by atoms with Gasteiger partial charge in [0.2, 0.25) is 5.56 Å². The average Bonchev–Trinajstić information content (AvgIpc) is 2.61. The number of phenols is 1. The van der Waals surface area contributed by atoms with Crippen molar-refractivity contribution in [3.8, 4) is 5.75 Å². The molecule has 5 N–H and O–H groups in total. The number of H-pyrrole nitrogens is 1. The number of hydrogen-bond acceptors (Lipinski definition) is 6. The molecule has 8 nitrogen and oxygen atoms in total. The first-order valence-corrected chi connectivity index (χ1v) is 8.64. The summed E-state index contributed by atoms with van der Waals surface area (Å²) in [5, 5.41) is 33.2. The number of carboxylic acids is 1. The molecule has 8 heteroatoms. The molecule has 1 fully saturated rings. The van der Waals surface area contributed by atoms with E-state index in [-0.39, 0.29) is 23.9 Å². The van der Waals surface area contributed by atoms with E-state index in [1.807, 2.05) is 4.90 Å². The normalized spacial score (nSPS) is 17.4. The zero-order valence-corrected chi connectivity index (χ0v) is 14.3. The summed E-state index contributed by atoms with van der Waals surface area (Å²) in [5.41, 5.74) is 0.631. The third-order valence-corrected chi connectivity index (χ3v) is 4.81. The maximum Gasteiger partial charge on any atom is 0.317 e. The van der Waals surface area contributed by atoms with Gasteiger partial charge >= 0.3 is 5.97 Å². The van der Waals surface area contributed by atoms with Gasteiger partial charge < -0.3 is 25.6 Å². The highest BCUT2D eigenvalue weighted by atomic mass is 16.4. The van der Waals surface area contributed by atoms with Crippen LogP contribution in [0.15, 0.2) is 29.1 Å². The number of aliphatic hydroxyl groups is 1. The fraction of sp³-hybridized carbons (Fsp3) is 0.444. The topological polar surface area (TPSA) is 126 Å². The Kier molecular flexibility index (Phi) is 5.55. The number of benzene rings is 1. The third-order valence-electron chi connectivity index (χ3n) is 4.81. The van der Waals surface area contributed by atoms with Gasteiger partial charge in [-0.05, 0) is 30.5 Å². The molecule has 2 heterocycles. The second-order valence-corrected chi connectivity index (χ2v) is 6.65. The fourth-order valence-electron chi connectivity index (χ4n) is 3.42. The first-order valence-electron chi connectivity index (χ1n) is 8.64. The molecule has 0 radical (unpaired) electrons.